The van der Waals surface area contributed by atoms with Crippen LogP contribution in [0.15, 0.2) is 86.9 Å². The predicted molar refractivity (Wildman–Crippen MR) is 112 cm³/mol. The standard InChI is InChI=1S/C23H18O5S/c1-15-8-11-17(12-9-15)22-23(28-29(25,26)18-6-4-3-5-7-18)21(24)19-13-10-16(2)14-20(19)27-22/h3-14H,1-2H3. The topological polar surface area (TPSA) is 73.6 Å². The molecule has 1 heterocycles. The summed E-state index contributed by atoms with van der Waals surface area (Å²) in [5.41, 5.74) is 2.32. The van der Waals surface area contributed by atoms with E-state index in [0.717, 1.165) is 11.1 Å². The van der Waals surface area contributed by atoms with E-state index >= 15 is 0 Å². The highest BCUT2D eigenvalue weighted by Gasteiger charge is 2.25. The highest BCUT2D eigenvalue weighted by Crippen LogP contribution is 2.33. The maximum atomic E-state index is 13.2. The molecule has 5 nitrogen and oxygen atoms in total. The fourth-order valence-corrected chi connectivity index (χ4v) is 3.96. The van der Waals surface area contributed by atoms with E-state index in [0.29, 0.717) is 11.1 Å². The molecule has 0 aliphatic rings. The molecular formula is C23H18O5S. The van der Waals surface area contributed by atoms with Gasteiger partial charge in [-0.15, -0.1) is 0 Å². The zero-order valence-corrected chi connectivity index (χ0v) is 16.7. The molecule has 0 unspecified atom stereocenters. The quantitative estimate of drug-likeness (QED) is 0.453. The van der Waals surface area contributed by atoms with E-state index in [2.05, 4.69) is 0 Å². The summed E-state index contributed by atoms with van der Waals surface area (Å²) < 4.78 is 36.9. The molecule has 29 heavy (non-hydrogen) atoms. The molecule has 0 N–H and O–H groups in total. The Hall–Kier alpha value is -3.38. The smallest absolute Gasteiger partial charge is 0.339 e. The molecule has 0 radical (unpaired) electrons. The van der Waals surface area contributed by atoms with Gasteiger partial charge in [0.15, 0.2) is 5.76 Å². The predicted octanol–water partition coefficient (Wildman–Crippen LogP) is 4.84. The van der Waals surface area contributed by atoms with Crippen molar-refractivity contribution in [2.24, 2.45) is 0 Å². The zero-order valence-electron chi connectivity index (χ0n) is 15.9. The monoisotopic (exact) mass is 406 g/mol. The van der Waals surface area contributed by atoms with Gasteiger partial charge >= 0.3 is 10.1 Å². The van der Waals surface area contributed by atoms with Crippen molar-refractivity contribution in [1.82, 2.24) is 0 Å². The third-order valence-corrected chi connectivity index (χ3v) is 5.78. The number of fused-ring (bicyclic) bond motifs is 1. The first-order chi connectivity index (χ1) is 13.8. The van der Waals surface area contributed by atoms with E-state index < -0.39 is 15.5 Å². The van der Waals surface area contributed by atoms with Crippen LogP contribution in [0.1, 0.15) is 11.1 Å². The Morgan fingerprint density at radius 1 is 0.828 bits per heavy atom. The van der Waals surface area contributed by atoms with Crippen LogP contribution >= 0.6 is 0 Å². The minimum Gasteiger partial charge on any atom is -0.452 e. The van der Waals surface area contributed by atoms with Gasteiger partial charge in [-0.3, -0.25) is 4.79 Å². The first-order valence-corrected chi connectivity index (χ1v) is 10.4. The van der Waals surface area contributed by atoms with Gasteiger partial charge < -0.3 is 8.60 Å². The Balaban J connectivity index is 1.97. The third kappa shape index (κ3) is 3.67. The zero-order chi connectivity index (χ0) is 20.6. The Morgan fingerprint density at radius 3 is 2.17 bits per heavy atom. The average molecular weight is 406 g/mol. The lowest BCUT2D eigenvalue weighted by Gasteiger charge is -2.12. The van der Waals surface area contributed by atoms with Crippen LogP contribution < -0.4 is 9.61 Å². The van der Waals surface area contributed by atoms with Gasteiger partial charge in [-0.05, 0) is 43.7 Å². The van der Waals surface area contributed by atoms with E-state index in [1.165, 1.54) is 12.1 Å². The molecule has 0 amide bonds. The van der Waals surface area contributed by atoms with Crippen LogP contribution in [-0.4, -0.2) is 8.42 Å². The molecule has 0 saturated carbocycles. The molecule has 0 fully saturated rings. The minimum atomic E-state index is -4.21. The second kappa shape index (κ2) is 7.22. The van der Waals surface area contributed by atoms with Gasteiger partial charge in [0.2, 0.25) is 11.2 Å². The van der Waals surface area contributed by atoms with Gasteiger partial charge in [-0.25, -0.2) is 0 Å². The van der Waals surface area contributed by atoms with Crippen LogP contribution in [0.25, 0.3) is 22.3 Å². The molecule has 1 aromatic heterocycles. The van der Waals surface area contributed by atoms with Gasteiger partial charge in [-0.2, -0.15) is 8.42 Å². The van der Waals surface area contributed by atoms with Gasteiger partial charge in [0, 0.05) is 5.56 Å². The summed E-state index contributed by atoms with van der Waals surface area (Å²) >= 11 is 0. The van der Waals surface area contributed by atoms with Crippen molar-refractivity contribution in [1.29, 1.82) is 0 Å². The fraction of sp³-hybridized carbons (Fsp3) is 0.0870. The molecular weight excluding hydrogens is 388 g/mol. The van der Waals surface area contributed by atoms with E-state index in [-0.39, 0.29) is 21.8 Å². The van der Waals surface area contributed by atoms with Gasteiger partial charge in [0.25, 0.3) is 0 Å². The van der Waals surface area contributed by atoms with Crippen LogP contribution in [0.3, 0.4) is 0 Å². The van der Waals surface area contributed by atoms with Gasteiger partial charge in [0.05, 0.1) is 5.39 Å². The highest BCUT2D eigenvalue weighted by atomic mass is 32.2. The van der Waals surface area contributed by atoms with Crippen molar-refractivity contribution in [2.45, 2.75) is 18.7 Å². The Morgan fingerprint density at radius 2 is 1.48 bits per heavy atom. The van der Waals surface area contributed by atoms with Crippen molar-refractivity contribution in [3.8, 4) is 17.1 Å². The first kappa shape index (κ1) is 19.0. The molecule has 0 saturated heterocycles. The van der Waals surface area contributed by atoms with Gasteiger partial charge in [0.1, 0.15) is 10.5 Å². The van der Waals surface area contributed by atoms with Crippen molar-refractivity contribution < 1.29 is 17.0 Å². The Labute approximate surface area is 168 Å². The molecule has 6 heteroatoms. The van der Waals surface area contributed by atoms with Crippen LogP contribution in [-0.2, 0) is 10.1 Å². The number of rotatable bonds is 4. The summed E-state index contributed by atoms with van der Waals surface area (Å²) in [5, 5.41) is 0.254. The lowest BCUT2D eigenvalue weighted by atomic mass is 10.1. The number of benzene rings is 3. The Kier molecular flexibility index (Phi) is 4.72. The van der Waals surface area contributed by atoms with Crippen molar-refractivity contribution in [3.63, 3.8) is 0 Å². The highest BCUT2D eigenvalue weighted by molar-refractivity contribution is 7.87. The molecule has 0 bridgehead atoms. The number of aryl methyl sites for hydroxylation is 2. The Bertz CT molecular complexity index is 1350. The number of hydrogen-bond acceptors (Lipinski definition) is 5. The molecule has 3 aromatic carbocycles. The molecule has 0 atom stereocenters. The maximum absolute atomic E-state index is 13.2. The lowest BCUT2D eigenvalue weighted by Crippen LogP contribution is -2.17. The molecule has 146 valence electrons. The third-order valence-electron chi connectivity index (χ3n) is 4.54. The first-order valence-electron chi connectivity index (χ1n) is 8.99. The molecule has 4 aromatic rings. The SMILES string of the molecule is Cc1ccc(-c2oc3cc(C)ccc3c(=O)c2OS(=O)(=O)c2ccccc2)cc1. The van der Waals surface area contributed by atoms with Crippen molar-refractivity contribution in [3.05, 3.63) is 94.1 Å². The van der Waals surface area contributed by atoms with E-state index in [4.69, 9.17) is 8.60 Å². The minimum absolute atomic E-state index is 0.0433. The van der Waals surface area contributed by atoms with E-state index in [1.54, 1.807) is 48.5 Å². The fourth-order valence-electron chi connectivity index (χ4n) is 3.00. The molecule has 0 aliphatic heterocycles. The maximum Gasteiger partial charge on any atom is 0.339 e. The lowest BCUT2D eigenvalue weighted by molar-refractivity contribution is 0.472. The van der Waals surface area contributed by atoms with Crippen LogP contribution in [0.5, 0.6) is 5.75 Å². The summed E-state index contributed by atoms with van der Waals surface area (Å²) in [6.45, 7) is 3.82. The average Bonchev–Trinajstić information content (AvgIpc) is 2.71. The van der Waals surface area contributed by atoms with E-state index in [1.807, 2.05) is 26.0 Å². The van der Waals surface area contributed by atoms with Crippen LogP contribution in [0.4, 0.5) is 0 Å². The summed E-state index contributed by atoms with van der Waals surface area (Å²) in [4.78, 5) is 13.1. The van der Waals surface area contributed by atoms with Crippen LogP contribution in [0, 0.1) is 13.8 Å². The van der Waals surface area contributed by atoms with Gasteiger partial charge in [-0.1, -0.05) is 54.1 Å². The van der Waals surface area contributed by atoms with E-state index in [9.17, 15) is 13.2 Å². The molecule has 0 spiro atoms. The number of hydrogen-bond donors (Lipinski definition) is 0. The summed E-state index contributed by atoms with van der Waals surface area (Å²) in [6, 6.07) is 20.0. The largest absolute Gasteiger partial charge is 0.452 e. The normalized spacial score (nSPS) is 11.5. The summed E-state index contributed by atoms with van der Waals surface area (Å²) in [6.07, 6.45) is 0. The summed E-state index contributed by atoms with van der Waals surface area (Å²) in [7, 11) is -4.21. The molecule has 4 rings (SSSR count). The molecule has 0 aliphatic carbocycles. The van der Waals surface area contributed by atoms with Crippen molar-refractivity contribution >= 4 is 21.1 Å². The summed E-state index contributed by atoms with van der Waals surface area (Å²) in [5.74, 6) is -0.276. The van der Waals surface area contributed by atoms with Crippen molar-refractivity contribution in [2.75, 3.05) is 0 Å². The van der Waals surface area contributed by atoms with Crippen LogP contribution in [0.2, 0.25) is 0 Å². The second-order valence-electron chi connectivity index (χ2n) is 6.81. The second-order valence-corrected chi connectivity index (χ2v) is 8.35.